The van der Waals surface area contributed by atoms with Crippen molar-refractivity contribution in [1.82, 2.24) is 0 Å². The molecule has 1 aliphatic rings. The third kappa shape index (κ3) is 1.90. The number of aliphatic hydroxyl groups is 1. The van der Waals surface area contributed by atoms with Gasteiger partial charge in [0.1, 0.15) is 0 Å². The van der Waals surface area contributed by atoms with Crippen molar-refractivity contribution in [2.45, 2.75) is 31.8 Å². The quantitative estimate of drug-likeness (QED) is 0.898. The highest BCUT2D eigenvalue weighted by Crippen LogP contribution is 2.50. The van der Waals surface area contributed by atoms with Crippen LogP contribution in [0.2, 0.25) is 0 Å². The molecule has 0 radical (unpaired) electrons. The molecule has 0 saturated heterocycles. The van der Waals surface area contributed by atoms with Crippen molar-refractivity contribution in [3.8, 4) is 17.2 Å². The molecule has 0 amide bonds. The Morgan fingerprint density at radius 3 is 2.28 bits per heavy atom. The molecule has 0 aliphatic heterocycles. The van der Waals surface area contributed by atoms with Gasteiger partial charge in [0, 0.05) is 5.56 Å². The molecule has 0 saturated carbocycles. The number of fused-ring (bicyclic) bond motifs is 1. The molecule has 2 atom stereocenters. The van der Waals surface area contributed by atoms with E-state index in [4.69, 9.17) is 14.2 Å². The fourth-order valence-corrected chi connectivity index (χ4v) is 2.69. The van der Waals surface area contributed by atoms with Crippen molar-refractivity contribution < 1.29 is 19.3 Å². The van der Waals surface area contributed by atoms with Crippen molar-refractivity contribution >= 4 is 0 Å². The topological polar surface area (TPSA) is 47.9 Å². The Kier molecular flexibility index (Phi) is 3.66. The first kappa shape index (κ1) is 13.0. The van der Waals surface area contributed by atoms with Crippen LogP contribution in [0.15, 0.2) is 6.07 Å². The van der Waals surface area contributed by atoms with Crippen LogP contribution >= 0.6 is 0 Å². The van der Waals surface area contributed by atoms with Crippen molar-refractivity contribution in [2.75, 3.05) is 21.3 Å². The van der Waals surface area contributed by atoms with Gasteiger partial charge in [-0.25, -0.2) is 0 Å². The molecule has 100 valence electrons. The maximum Gasteiger partial charge on any atom is 0.203 e. The van der Waals surface area contributed by atoms with E-state index in [0.717, 1.165) is 24.0 Å². The van der Waals surface area contributed by atoms with E-state index in [1.165, 1.54) is 0 Å². The molecule has 0 heterocycles. The summed E-state index contributed by atoms with van der Waals surface area (Å²) in [5, 5.41) is 10.1. The summed E-state index contributed by atoms with van der Waals surface area (Å²) in [6.45, 7) is 2.14. The first-order valence-corrected chi connectivity index (χ1v) is 6.14. The summed E-state index contributed by atoms with van der Waals surface area (Å²) < 4.78 is 16.2. The highest BCUT2D eigenvalue weighted by molar-refractivity contribution is 5.61. The smallest absolute Gasteiger partial charge is 0.203 e. The van der Waals surface area contributed by atoms with Gasteiger partial charge < -0.3 is 19.3 Å². The van der Waals surface area contributed by atoms with Crippen molar-refractivity contribution in [1.29, 1.82) is 0 Å². The maximum absolute atomic E-state index is 10.1. The minimum Gasteiger partial charge on any atom is -0.493 e. The zero-order valence-electron chi connectivity index (χ0n) is 11.3. The molecule has 4 nitrogen and oxygen atoms in total. The lowest BCUT2D eigenvalue weighted by molar-refractivity contribution is 0.149. The zero-order valence-corrected chi connectivity index (χ0v) is 11.3. The Bertz CT molecular complexity index is 442. The van der Waals surface area contributed by atoms with Gasteiger partial charge in [-0.15, -0.1) is 0 Å². The van der Waals surface area contributed by atoms with E-state index in [9.17, 15) is 5.11 Å². The molecule has 0 spiro atoms. The number of methoxy groups -OCH3 is 3. The number of hydrogen-bond donors (Lipinski definition) is 1. The normalized spacial score (nSPS) is 22.3. The Balaban J connectivity index is 2.70. The summed E-state index contributed by atoms with van der Waals surface area (Å²) in [4.78, 5) is 0. The number of ether oxygens (including phenoxy) is 3. The van der Waals surface area contributed by atoms with Gasteiger partial charge in [-0.05, 0) is 30.4 Å². The molecule has 1 unspecified atom stereocenters. The summed E-state index contributed by atoms with van der Waals surface area (Å²) in [5.41, 5.74) is 1.93. The highest BCUT2D eigenvalue weighted by atomic mass is 16.5. The van der Waals surface area contributed by atoms with Crippen LogP contribution in [0.1, 0.15) is 42.9 Å². The van der Waals surface area contributed by atoms with Gasteiger partial charge in [0.15, 0.2) is 11.5 Å². The summed E-state index contributed by atoms with van der Waals surface area (Å²) >= 11 is 0. The van der Waals surface area contributed by atoms with Gasteiger partial charge in [0.2, 0.25) is 5.75 Å². The second-order valence-electron chi connectivity index (χ2n) is 4.64. The Labute approximate surface area is 107 Å². The summed E-state index contributed by atoms with van der Waals surface area (Å²) in [7, 11) is 4.80. The molecule has 0 aromatic heterocycles. The summed E-state index contributed by atoms with van der Waals surface area (Å²) in [6.07, 6.45) is 1.26. The van der Waals surface area contributed by atoms with Gasteiger partial charge in [-0.3, -0.25) is 0 Å². The first-order valence-electron chi connectivity index (χ1n) is 6.14. The van der Waals surface area contributed by atoms with Gasteiger partial charge in [-0.2, -0.15) is 0 Å². The molecular formula is C14H20O4. The average molecular weight is 252 g/mol. The monoisotopic (exact) mass is 252 g/mol. The van der Waals surface area contributed by atoms with Crippen LogP contribution in [0.4, 0.5) is 0 Å². The lowest BCUT2D eigenvalue weighted by Crippen LogP contribution is -2.15. The van der Waals surface area contributed by atoms with Crippen LogP contribution in [-0.2, 0) is 0 Å². The van der Waals surface area contributed by atoms with Crippen LogP contribution in [0.25, 0.3) is 0 Å². The van der Waals surface area contributed by atoms with Gasteiger partial charge in [0.25, 0.3) is 0 Å². The van der Waals surface area contributed by atoms with E-state index in [2.05, 4.69) is 6.92 Å². The van der Waals surface area contributed by atoms with Crippen LogP contribution in [0.5, 0.6) is 17.2 Å². The number of aliphatic hydroxyl groups excluding tert-OH is 1. The number of benzene rings is 1. The van der Waals surface area contributed by atoms with E-state index >= 15 is 0 Å². The minimum atomic E-state index is -0.454. The Morgan fingerprint density at radius 2 is 1.72 bits per heavy atom. The molecule has 18 heavy (non-hydrogen) atoms. The van der Waals surface area contributed by atoms with Crippen molar-refractivity contribution in [3.05, 3.63) is 17.2 Å². The molecule has 4 heteroatoms. The van der Waals surface area contributed by atoms with Gasteiger partial charge >= 0.3 is 0 Å². The average Bonchev–Trinajstić information content (AvgIpc) is 2.40. The van der Waals surface area contributed by atoms with E-state index in [1.54, 1.807) is 21.3 Å². The number of hydrogen-bond acceptors (Lipinski definition) is 4. The van der Waals surface area contributed by atoms with Crippen LogP contribution in [0.3, 0.4) is 0 Å². The van der Waals surface area contributed by atoms with E-state index < -0.39 is 6.10 Å². The van der Waals surface area contributed by atoms with Gasteiger partial charge in [-0.1, -0.05) is 6.92 Å². The molecule has 1 aromatic carbocycles. The third-order valence-electron chi connectivity index (χ3n) is 3.63. The van der Waals surface area contributed by atoms with Gasteiger partial charge in [0.05, 0.1) is 27.4 Å². The molecule has 2 rings (SSSR count). The fraction of sp³-hybridized carbons (Fsp3) is 0.571. The SMILES string of the molecule is COc1cc2c(c(OC)c1OC)C(C)CC[C@@H]2O. The van der Waals surface area contributed by atoms with Crippen LogP contribution in [-0.4, -0.2) is 26.4 Å². The van der Waals surface area contributed by atoms with Crippen LogP contribution in [0, 0.1) is 0 Å². The fourth-order valence-electron chi connectivity index (χ4n) is 2.69. The third-order valence-corrected chi connectivity index (χ3v) is 3.63. The molecule has 1 aromatic rings. The highest BCUT2D eigenvalue weighted by Gasteiger charge is 2.30. The van der Waals surface area contributed by atoms with E-state index in [0.29, 0.717) is 23.2 Å². The van der Waals surface area contributed by atoms with Crippen molar-refractivity contribution in [2.24, 2.45) is 0 Å². The van der Waals surface area contributed by atoms with Crippen LogP contribution < -0.4 is 14.2 Å². The lowest BCUT2D eigenvalue weighted by Gasteiger charge is -2.30. The Hall–Kier alpha value is -1.42. The number of rotatable bonds is 3. The largest absolute Gasteiger partial charge is 0.493 e. The zero-order chi connectivity index (χ0) is 13.3. The van der Waals surface area contributed by atoms with E-state index in [-0.39, 0.29) is 0 Å². The molecular weight excluding hydrogens is 232 g/mol. The predicted molar refractivity (Wildman–Crippen MR) is 68.7 cm³/mol. The van der Waals surface area contributed by atoms with Crippen molar-refractivity contribution in [3.63, 3.8) is 0 Å². The molecule has 1 aliphatic carbocycles. The molecule has 0 bridgehead atoms. The maximum atomic E-state index is 10.1. The summed E-state index contributed by atoms with van der Waals surface area (Å²) in [6, 6.07) is 1.86. The Morgan fingerprint density at radius 1 is 1.06 bits per heavy atom. The van der Waals surface area contributed by atoms with E-state index in [1.807, 2.05) is 6.07 Å². The second kappa shape index (κ2) is 5.06. The lowest BCUT2D eigenvalue weighted by atomic mass is 9.81. The molecule has 1 N–H and O–H groups in total. The molecule has 0 fully saturated rings. The summed E-state index contributed by atoms with van der Waals surface area (Å²) in [5.74, 6) is 2.22. The standard InChI is InChI=1S/C14H20O4/c1-8-5-6-10(15)9-7-11(16-2)13(17-3)14(18-4)12(8)9/h7-8,10,15H,5-6H2,1-4H3/t8?,10-/m0/s1. The minimum absolute atomic E-state index is 0.346. The predicted octanol–water partition coefficient (Wildman–Crippen LogP) is 2.64. The first-order chi connectivity index (χ1) is 8.63. The second-order valence-corrected chi connectivity index (χ2v) is 4.64.